The van der Waals surface area contributed by atoms with Crippen molar-refractivity contribution in [2.75, 3.05) is 13.7 Å². The van der Waals surface area contributed by atoms with Crippen molar-refractivity contribution in [2.24, 2.45) is 0 Å². The first-order valence-electron chi connectivity index (χ1n) is 7.64. The van der Waals surface area contributed by atoms with E-state index in [1.165, 1.54) is 0 Å². The Kier molecular flexibility index (Phi) is 5.26. The quantitative estimate of drug-likeness (QED) is 0.889. The highest BCUT2D eigenvalue weighted by Crippen LogP contribution is 2.19. The van der Waals surface area contributed by atoms with Gasteiger partial charge in [-0.3, -0.25) is 4.79 Å². The van der Waals surface area contributed by atoms with E-state index in [0.29, 0.717) is 13.1 Å². The summed E-state index contributed by atoms with van der Waals surface area (Å²) in [4.78, 5) is 12.4. The highest BCUT2D eigenvalue weighted by atomic mass is 16.5. The molecule has 1 heterocycles. The van der Waals surface area contributed by atoms with Gasteiger partial charge in [0.25, 0.3) is 5.91 Å². The van der Waals surface area contributed by atoms with E-state index in [1.807, 2.05) is 45.0 Å². The van der Waals surface area contributed by atoms with Gasteiger partial charge in [-0.2, -0.15) is 0 Å². The van der Waals surface area contributed by atoms with Crippen LogP contribution in [0.4, 0.5) is 0 Å². The maximum absolute atomic E-state index is 12.4. The van der Waals surface area contributed by atoms with Gasteiger partial charge in [-0.05, 0) is 49.6 Å². The first-order chi connectivity index (χ1) is 10.6. The average molecular weight is 300 g/mol. The second kappa shape index (κ2) is 7.16. The molecule has 1 amide bonds. The lowest BCUT2D eigenvalue weighted by molar-refractivity contribution is 0.0944. The minimum atomic E-state index is -0.00431. The summed E-state index contributed by atoms with van der Waals surface area (Å²) in [5.74, 6) is 0.825. The largest absolute Gasteiger partial charge is 0.497 e. The predicted molar refractivity (Wildman–Crippen MR) is 88.6 cm³/mol. The molecule has 0 unspecified atom stereocenters. The molecule has 1 aromatic carbocycles. The van der Waals surface area contributed by atoms with Gasteiger partial charge in [0.2, 0.25) is 0 Å². The summed E-state index contributed by atoms with van der Waals surface area (Å²) in [5.41, 5.74) is 3.95. The molecule has 0 aliphatic heterocycles. The van der Waals surface area contributed by atoms with Crippen molar-refractivity contribution in [3.05, 3.63) is 52.8 Å². The number of rotatable bonds is 6. The number of methoxy groups -OCH3 is 1. The van der Waals surface area contributed by atoms with Crippen molar-refractivity contribution in [1.82, 2.24) is 9.88 Å². The molecule has 0 spiro atoms. The maximum atomic E-state index is 12.4. The molecule has 0 radical (unpaired) electrons. The number of hydrogen-bond acceptors (Lipinski definition) is 2. The zero-order valence-electron chi connectivity index (χ0n) is 13.8. The minimum Gasteiger partial charge on any atom is -0.497 e. The molecule has 1 N–H and O–H groups in total. The fraction of sp³-hybridized carbons (Fsp3) is 0.389. The van der Waals surface area contributed by atoms with Gasteiger partial charge in [0.15, 0.2) is 0 Å². The van der Waals surface area contributed by atoms with E-state index < -0.39 is 0 Å². The average Bonchev–Trinajstić information content (AvgIpc) is 2.79. The van der Waals surface area contributed by atoms with Gasteiger partial charge in [-0.1, -0.05) is 19.1 Å². The molecule has 0 saturated carbocycles. The number of ether oxygens (including phenoxy) is 1. The Morgan fingerprint density at radius 2 is 2.05 bits per heavy atom. The third-order valence-corrected chi connectivity index (χ3v) is 3.72. The summed E-state index contributed by atoms with van der Waals surface area (Å²) in [6, 6.07) is 10.00. The molecule has 22 heavy (non-hydrogen) atoms. The zero-order valence-corrected chi connectivity index (χ0v) is 13.8. The van der Waals surface area contributed by atoms with Crippen LogP contribution in [0.2, 0.25) is 0 Å². The van der Waals surface area contributed by atoms with E-state index in [0.717, 1.165) is 34.7 Å². The van der Waals surface area contributed by atoms with Gasteiger partial charge >= 0.3 is 0 Å². The van der Waals surface area contributed by atoms with Crippen LogP contribution in [0.5, 0.6) is 5.75 Å². The van der Waals surface area contributed by atoms with Crippen molar-refractivity contribution in [3.8, 4) is 5.75 Å². The lowest BCUT2D eigenvalue weighted by Gasteiger charge is -2.13. The van der Waals surface area contributed by atoms with Gasteiger partial charge in [0.05, 0.1) is 7.11 Å². The molecule has 0 fully saturated rings. The number of benzene rings is 1. The van der Waals surface area contributed by atoms with Crippen LogP contribution in [-0.2, 0) is 6.54 Å². The Morgan fingerprint density at radius 3 is 2.73 bits per heavy atom. The summed E-state index contributed by atoms with van der Waals surface area (Å²) >= 11 is 0. The third-order valence-electron chi connectivity index (χ3n) is 3.72. The molecule has 2 rings (SSSR count). The lowest BCUT2D eigenvalue weighted by Crippen LogP contribution is -2.27. The van der Waals surface area contributed by atoms with Gasteiger partial charge < -0.3 is 14.6 Å². The summed E-state index contributed by atoms with van der Waals surface area (Å²) in [6.07, 6.45) is 0.931. The van der Waals surface area contributed by atoms with Crippen molar-refractivity contribution in [3.63, 3.8) is 0 Å². The summed E-state index contributed by atoms with van der Waals surface area (Å²) < 4.78 is 7.33. The Balaban J connectivity index is 2.31. The molecular formula is C18H24N2O2. The Morgan fingerprint density at radius 1 is 1.27 bits per heavy atom. The molecule has 0 aliphatic carbocycles. The van der Waals surface area contributed by atoms with Gasteiger partial charge in [0, 0.05) is 18.8 Å². The molecule has 4 nitrogen and oxygen atoms in total. The number of nitrogens with zero attached hydrogens (tertiary/aromatic N) is 1. The van der Waals surface area contributed by atoms with Crippen LogP contribution < -0.4 is 10.1 Å². The van der Waals surface area contributed by atoms with Crippen molar-refractivity contribution >= 4 is 5.91 Å². The van der Waals surface area contributed by atoms with Crippen LogP contribution in [0.15, 0.2) is 30.3 Å². The minimum absolute atomic E-state index is 0.00431. The van der Waals surface area contributed by atoms with Crippen molar-refractivity contribution in [1.29, 1.82) is 0 Å². The number of aryl methyl sites for hydroxylation is 2. The molecule has 1 aromatic heterocycles. The van der Waals surface area contributed by atoms with Crippen LogP contribution in [0.1, 0.15) is 40.7 Å². The van der Waals surface area contributed by atoms with Crippen LogP contribution >= 0.6 is 0 Å². The molecule has 0 saturated heterocycles. The fourth-order valence-corrected chi connectivity index (χ4v) is 2.63. The van der Waals surface area contributed by atoms with Gasteiger partial charge in [-0.25, -0.2) is 0 Å². The maximum Gasteiger partial charge on any atom is 0.268 e. The number of aromatic nitrogens is 1. The smallest absolute Gasteiger partial charge is 0.268 e. The monoisotopic (exact) mass is 300 g/mol. The van der Waals surface area contributed by atoms with Crippen LogP contribution in [0, 0.1) is 13.8 Å². The number of amides is 1. The molecule has 0 bridgehead atoms. The standard InChI is InChI=1S/C18H24N2O2/c1-5-9-19-18(21)17-13(2)10-14(3)20(17)12-15-7-6-8-16(11-15)22-4/h6-8,10-11H,5,9,12H2,1-4H3,(H,19,21). The number of carbonyl (C=O) groups is 1. The summed E-state index contributed by atoms with van der Waals surface area (Å²) in [5, 5.41) is 2.97. The zero-order chi connectivity index (χ0) is 16.1. The van der Waals surface area contributed by atoms with Crippen LogP contribution in [0.25, 0.3) is 0 Å². The Hall–Kier alpha value is -2.23. The lowest BCUT2D eigenvalue weighted by atomic mass is 10.2. The van der Waals surface area contributed by atoms with Crippen LogP contribution in [-0.4, -0.2) is 24.1 Å². The molecule has 4 heteroatoms. The first kappa shape index (κ1) is 16.1. The molecule has 2 aromatic rings. The third kappa shape index (κ3) is 3.50. The fourth-order valence-electron chi connectivity index (χ4n) is 2.63. The van der Waals surface area contributed by atoms with Gasteiger partial charge in [0.1, 0.15) is 11.4 Å². The summed E-state index contributed by atoms with van der Waals surface area (Å²) in [6.45, 7) is 7.42. The van der Waals surface area contributed by atoms with E-state index in [4.69, 9.17) is 4.74 Å². The van der Waals surface area contributed by atoms with E-state index >= 15 is 0 Å². The van der Waals surface area contributed by atoms with Crippen molar-refractivity contribution < 1.29 is 9.53 Å². The number of hydrogen-bond donors (Lipinski definition) is 1. The topological polar surface area (TPSA) is 43.3 Å². The molecule has 0 atom stereocenters. The Labute approximate surface area is 132 Å². The molecular weight excluding hydrogens is 276 g/mol. The molecule has 0 aliphatic rings. The highest BCUT2D eigenvalue weighted by Gasteiger charge is 2.17. The number of nitrogens with one attached hydrogen (secondary N) is 1. The van der Waals surface area contributed by atoms with Crippen LogP contribution in [0.3, 0.4) is 0 Å². The molecule has 118 valence electrons. The predicted octanol–water partition coefficient (Wildman–Crippen LogP) is 3.30. The van der Waals surface area contributed by atoms with E-state index in [9.17, 15) is 4.79 Å². The second-order valence-electron chi connectivity index (χ2n) is 5.51. The highest BCUT2D eigenvalue weighted by molar-refractivity contribution is 5.94. The van der Waals surface area contributed by atoms with E-state index in [-0.39, 0.29) is 5.91 Å². The van der Waals surface area contributed by atoms with E-state index in [1.54, 1.807) is 7.11 Å². The summed E-state index contributed by atoms with van der Waals surface area (Å²) in [7, 11) is 1.66. The van der Waals surface area contributed by atoms with Crippen molar-refractivity contribution in [2.45, 2.75) is 33.7 Å². The Bertz CT molecular complexity index is 659. The SMILES string of the molecule is CCCNC(=O)c1c(C)cc(C)n1Cc1cccc(OC)c1. The van der Waals surface area contributed by atoms with E-state index in [2.05, 4.69) is 16.0 Å². The van der Waals surface area contributed by atoms with Gasteiger partial charge in [-0.15, -0.1) is 0 Å². The number of carbonyl (C=O) groups excluding carboxylic acids is 1. The first-order valence-corrected chi connectivity index (χ1v) is 7.64. The normalized spacial score (nSPS) is 10.5. The second-order valence-corrected chi connectivity index (χ2v) is 5.51.